The largest absolute Gasteiger partial charge is 0.378 e. The third-order valence-corrected chi connectivity index (χ3v) is 3.41. The molecule has 0 aliphatic carbocycles. The van der Waals surface area contributed by atoms with Crippen LogP contribution in [0.15, 0.2) is 0 Å². The van der Waals surface area contributed by atoms with Gasteiger partial charge in [0.15, 0.2) is 0 Å². The second-order valence-corrected chi connectivity index (χ2v) is 4.71. The molecule has 0 aromatic carbocycles. The second kappa shape index (κ2) is 8.12. The van der Waals surface area contributed by atoms with Gasteiger partial charge in [0, 0.05) is 12.6 Å². The van der Waals surface area contributed by atoms with Gasteiger partial charge in [-0.15, -0.1) is 0 Å². The maximum atomic E-state index is 5.78. The van der Waals surface area contributed by atoms with Crippen LogP contribution in [0.2, 0.25) is 0 Å². The lowest BCUT2D eigenvalue weighted by Gasteiger charge is -2.29. The minimum atomic E-state index is 0.526. The van der Waals surface area contributed by atoms with E-state index >= 15 is 0 Å². The van der Waals surface area contributed by atoms with Gasteiger partial charge in [-0.05, 0) is 26.3 Å². The smallest absolute Gasteiger partial charge is 0.0590 e. The fourth-order valence-corrected chi connectivity index (χ4v) is 2.32. The molecular formula is C13H27NO. The summed E-state index contributed by atoms with van der Waals surface area (Å²) in [6.45, 7) is 3.22. The summed E-state index contributed by atoms with van der Waals surface area (Å²) in [4.78, 5) is 0. The van der Waals surface area contributed by atoms with Gasteiger partial charge < -0.3 is 10.1 Å². The molecule has 0 radical (unpaired) electrons. The van der Waals surface area contributed by atoms with E-state index in [1.165, 1.54) is 51.4 Å². The molecule has 2 heteroatoms. The lowest BCUT2D eigenvalue weighted by Crippen LogP contribution is -2.36. The van der Waals surface area contributed by atoms with Crippen LogP contribution in [0.25, 0.3) is 0 Å². The van der Waals surface area contributed by atoms with E-state index < -0.39 is 0 Å². The predicted octanol–water partition coefficient (Wildman–Crippen LogP) is 3.11. The highest BCUT2D eigenvalue weighted by atomic mass is 16.5. The summed E-state index contributed by atoms with van der Waals surface area (Å²) < 4.78 is 5.78. The lowest BCUT2D eigenvalue weighted by molar-refractivity contribution is -0.00293. The van der Waals surface area contributed by atoms with Crippen LogP contribution in [0, 0.1) is 0 Å². The molecule has 0 bridgehead atoms. The summed E-state index contributed by atoms with van der Waals surface area (Å²) in [7, 11) is 2.06. The average Bonchev–Trinajstić information content (AvgIpc) is 2.29. The van der Waals surface area contributed by atoms with Gasteiger partial charge in [0.05, 0.1) is 6.10 Å². The fourth-order valence-electron chi connectivity index (χ4n) is 2.32. The Balaban J connectivity index is 2.00. The molecule has 1 heterocycles. The monoisotopic (exact) mass is 213 g/mol. The molecule has 2 unspecified atom stereocenters. The molecule has 1 aliphatic rings. The summed E-state index contributed by atoms with van der Waals surface area (Å²) in [5, 5.41) is 3.36. The Bertz CT molecular complexity index is 149. The summed E-state index contributed by atoms with van der Waals surface area (Å²) in [6.07, 6.45) is 11.1. The highest BCUT2D eigenvalue weighted by Gasteiger charge is 2.20. The molecule has 0 aromatic heterocycles. The molecule has 0 aromatic rings. The van der Waals surface area contributed by atoms with Crippen LogP contribution in [-0.2, 0) is 4.74 Å². The van der Waals surface area contributed by atoms with E-state index in [0.29, 0.717) is 12.1 Å². The summed E-state index contributed by atoms with van der Waals surface area (Å²) in [6, 6.07) is 0.694. The molecule has 15 heavy (non-hydrogen) atoms. The van der Waals surface area contributed by atoms with Crippen LogP contribution in [-0.4, -0.2) is 25.8 Å². The van der Waals surface area contributed by atoms with Crippen molar-refractivity contribution >= 4 is 0 Å². The molecule has 1 aliphatic heterocycles. The number of rotatable bonds is 7. The molecule has 1 saturated heterocycles. The SMILES string of the molecule is CCCCCCCC1CC(NC)CCO1. The lowest BCUT2D eigenvalue weighted by atomic mass is 9.98. The third kappa shape index (κ3) is 5.53. The minimum absolute atomic E-state index is 0.526. The zero-order valence-electron chi connectivity index (χ0n) is 10.4. The Hall–Kier alpha value is -0.0800. The highest BCUT2D eigenvalue weighted by Crippen LogP contribution is 2.19. The Morgan fingerprint density at radius 3 is 2.73 bits per heavy atom. The number of hydrogen-bond acceptors (Lipinski definition) is 2. The summed E-state index contributed by atoms with van der Waals surface area (Å²) in [5.74, 6) is 0. The van der Waals surface area contributed by atoms with Crippen molar-refractivity contribution < 1.29 is 4.74 Å². The highest BCUT2D eigenvalue weighted by molar-refractivity contribution is 4.75. The topological polar surface area (TPSA) is 21.3 Å². The van der Waals surface area contributed by atoms with Crippen LogP contribution in [0.4, 0.5) is 0 Å². The zero-order chi connectivity index (χ0) is 10.9. The number of nitrogens with one attached hydrogen (secondary N) is 1. The first-order chi connectivity index (χ1) is 7.36. The molecule has 1 rings (SSSR count). The van der Waals surface area contributed by atoms with E-state index in [4.69, 9.17) is 4.74 Å². The van der Waals surface area contributed by atoms with Crippen LogP contribution in [0.5, 0.6) is 0 Å². The van der Waals surface area contributed by atoms with Gasteiger partial charge in [0.2, 0.25) is 0 Å². The van der Waals surface area contributed by atoms with Gasteiger partial charge in [0.1, 0.15) is 0 Å². The van der Waals surface area contributed by atoms with E-state index in [-0.39, 0.29) is 0 Å². The van der Waals surface area contributed by atoms with Crippen molar-refractivity contribution in [2.75, 3.05) is 13.7 Å². The van der Waals surface area contributed by atoms with E-state index in [2.05, 4.69) is 19.3 Å². The quantitative estimate of drug-likeness (QED) is 0.656. The molecule has 0 saturated carbocycles. The first-order valence-corrected chi connectivity index (χ1v) is 6.65. The van der Waals surface area contributed by atoms with Crippen LogP contribution >= 0.6 is 0 Å². The predicted molar refractivity (Wildman–Crippen MR) is 65.2 cm³/mol. The molecule has 90 valence electrons. The van der Waals surface area contributed by atoms with E-state index in [9.17, 15) is 0 Å². The Morgan fingerprint density at radius 1 is 1.20 bits per heavy atom. The van der Waals surface area contributed by atoms with Gasteiger partial charge >= 0.3 is 0 Å². The van der Waals surface area contributed by atoms with Crippen LogP contribution in [0.1, 0.15) is 58.3 Å². The van der Waals surface area contributed by atoms with Gasteiger partial charge in [-0.3, -0.25) is 0 Å². The standard InChI is InChI=1S/C13H27NO/c1-3-4-5-6-7-8-13-11-12(14-2)9-10-15-13/h12-14H,3-11H2,1-2H3. The van der Waals surface area contributed by atoms with E-state index in [1.54, 1.807) is 0 Å². The number of ether oxygens (including phenoxy) is 1. The molecule has 1 N–H and O–H groups in total. The first kappa shape index (κ1) is 13.0. The average molecular weight is 213 g/mol. The third-order valence-electron chi connectivity index (χ3n) is 3.41. The maximum Gasteiger partial charge on any atom is 0.0590 e. The van der Waals surface area contributed by atoms with E-state index in [0.717, 1.165) is 6.61 Å². The van der Waals surface area contributed by atoms with Crippen LogP contribution < -0.4 is 5.32 Å². The number of unbranched alkanes of at least 4 members (excludes halogenated alkanes) is 4. The van der Waals surface area contributed by atoms with Crippen molar-refractivity contribution in [3.8, 4) is 0 Å². The summed E-state index contributed by atoms with van der Waals surface area (Å²) >= 11 is 0. The van der Waals surface area contributed by atoms with Crippen molar-refractivity contribution in [1.82, 2.24) is 5.32 Å². The van der Waals surface area contributed by atoms with Gasteiger partial charge in [-0.25, -0.2) is 0 Å². The summed E-state index contributed by atoms with van der Waals surface area (Å²) in [5.41, 5.74) is 0. The number of hydrogen-bond donors (Lipinski definition) is 1. The normalized spacial score (nSPS) is 26.8. The first-order valence-electron chi connectivity index (χ1n) is 6.65. The van der Waals surface area contributed by atoms with E-state index in [1.807, 2.05) is 0 Å². The van der Waals surface area contributed by atoms with Crippen molar-refractivity contribution in [3.63, 3.8) is 0 Å². The second-order valence-electron chi connectivity index (χ2n) is 4.71. The molecule has 2 atom stereocenters. The van der Waals surface area contributed by atoms with Crippen molar-refractivity contribution in [3.05, 3.63) is 0 Å². The van der Waals surface area contributed by atoms with Crippen molar-refractivity contribution in [2.24, 2.45) is 0 Å². The van der Waals surface area contributed by atoms with Gasteiger partial charge in [0.25, 0.3) is 0 Å². The molecule has 0 amide bonds. The molecule has 1 fully saturated rings. The van der Waals surface area contributed by atoms with Gasteiger partial charge in [-0.1, -0.05) is 39.0 Å². The van der Waals surface area contributed by atoms with Gasteiger partial charge in [-0.2, -0.15) is 0 Å². The Labute approximate surface area is 94.8 Å². The van der Waals surface area contributed by atoms with Crippen molar-refractivity contribution in [2.45, 2.75) is 70.4 Å². The zero-order valence-corrected chi connectivity index (χ0v) is 10.4. The molecule has 0 spiro atoms. The van der Waals surface area contributed by atoms with Crippen molar-refractivity contribution in [1.29, 1.82) is 0 Å². The maximum absolute atomic E-state index is 5.78. The Morgan fingerprint density at radius 2 is 2.00 bits per heavy atom. The fraction of sp³-hybridized carbons (Fsp3) is 1.00. The molecule has 2 nitrogen and oxygen atoms in total. The van der Waals surface area contributed by atoms with Crippen LogP contribution in [0.3, 0.4) is 0 Å². The minimum Gasteiger partial charge on any atom is -0.378 e. The Kier molecular flexibility index (Phi) is 7.03. The molecular weight excluding hydrogens is 186 g/mol.